The number of fused-ring (bicyclic) bond motifs is 1. The summed E-state index contributed by atoms with van der Waals surface area (Å²) in [7, 11) is 3.09. The molecule has 0 saturated carbocycles. The number of carbonyl (C=O) groups is 1. The Morgan fingerprint density at radius 1 is 1.03 bits per heavy atom. The lowest BCUT2D eigenvalue weighted by molar-refractivity contribution is 0.0462. The number of aromatic nitrogens is 3. The summed E-state index contributed by atoms with van der Waals surface area (Å²) in [5.41, 5.74) is 2.11. The Kier molecular flexibility index (Phi) is 5.21. The molecule has 152 valence electrons. The van der Waals surface area contributed by atoms with Gasteiger partial charge in [0.05, 0.1) is 19.9 Å². The molecule has 0 saturated heterocycles. The van der Waals surface area contributed by atoms with E-state index in [-0.39, 0.29) is 17.9 Å². The van der Waals surface area contributed by atoms with Crippen molar-refractivity contribution >= 4 is 11.6 Å². The SMILES string of the molecule is COc1ccc(OC)c(COC(=O)c2cc3nc(-c4ccccc4)cc(=O)n3[nH]2)c1. The van der Waals surface area contributed by atoms with Crippen LogP contribution in [0.2, 0.25) is 0 Å². The zero-order valence-corrected chi connectivity index (χ0v) is 16.4. The number of rotatable bonds is 6. The first kappa shape index (κ1) is 19.3. The molecule has 0 amide bonds. The maximum atomic E-state index is 12.5. The minimum Gasteiger partial charge on any atom is -0.497 e. The van der Waals surface area contributed by atoms with Crippen molar-refractivity contribution in [3.8, 4) is 22.8 Å². The molecule has 0 spiro atoms. The van der Waals surface area contributed by atoms with Gasteiger partial charge in [0, 0.05) is 23.3 Å². The third-order valence-electron chi connectivity index (χ3n) is 4.59. The molecule has 1 N–H and O–H groups in total. The molecule has 2 heterocycles. The lowest BCUT2D eigenvalue weighted by atomic mass is 10.1. The first-order valence-corrected chi connectivity index (χ1v) is 9.15. The van der Waals surface area contributed by atoms with E-state index in [2.05, 4.69) is 10.1 Å². The highest BCUT2D eigenvalue weighted by Crippen LogP contribution is 2.25. The summed E-state index contributed by atoms with van der Waals surface area (Å²) < 4.78 is 17.1. The second-order valence-corrected chi connectivity index (χ2v) is 6.46. The van der Waals surface area contributed by atoms with E-state index in [1.807, 2.05) is 30.3 Å². The molecule has 0 atom stereocenters. The molecule has 0 radical (unpaired) electrons. The Morgan fingerprint density at radius 2 is 1.83 bits per heavy atom. The maximum Gasteiger partial charge on any atom is 0.356 e. The summed E-state index contributed by atoms with van der Waals surface area (Å²) in [4.78, 5) is 29.5. The number of hydrogen-bond donors (Lipinski definition) is 1. The van der Waals surface area contributed by atoms with E-state index >= 15 is 0 Å². The molecule has 0 bridgehead atoms. The molecular weight excluding hydrogens is 386 g/mol. The number of hydrogen-bond acceptors (Lipinski definition) is 6. The predicted molar refractivity (Wildman–Crippen MR) is 110 cm³/mol. The van der Waals surface area contributed by atoms with Crippen LogP contribution < -0.4 is 15.0 Å². The second kappa shape index (κ2) is 8.12. The summed E-state index contributed by atoms with van der Waals surface area (Å²) in [5, 5.41) is 2.74. The quantitative estimate of drug-likeness (QED) is 0.496. The fraction of sp³-hybridized carbons (Fsp3) is 0.136. The van der Waals surface area contributed by atoms with Gasteiger partial charge < -0.3 is 14.2 Å². The van der Waals surface area contributed by atoms with Crippen LogP contribution in [0.25, 0.3) is 16.9 Å². The maximum absolute atomic E-state index is 12.5. The molecule has 0 aliphatic heterocycles. The average molecular weight is 405 g/mol. The van der Waals surface area contributed by atoms with Gasteiger partial charge in [-0.1, -0.05) is 30.3 Å². The van der Waals surface area contributed by atoms with Crippen LogP contribution in [0.3, 0.4) is 0 Å². The van der Waals surface area contributed by atoms with Gasteiger partial charge in [-0.2, -0.15) is 0 Å². The van der Waals surface area contributed by atoms with Gasteiger partial charge >= 0.3 is 5.97 Å². The van der Waals surface area contributed by atoms with E-state index in [0.29, 0.717) is 28.4 Å². The van der Waals surface area contributed by atoms with Crippen LogP contribution in [-0.2, 0) is 11.3 Å². The summed E-state index contributed by atoms with van der Waals surface area (Å²) >= 11 is 0. The molecule has 0 fully saturated rings. The number of H-pyrrole nitrogens is 1. The fourth-order valence-corrected chi connectivity index (χ4v) is 3.07. The van der Waals surface area contributed by atoms with Crippen molar-refractivity contribution in [3.05, 3.63) is 82.3 Å². The van der Waals surface area contributed by atoms with Gasteiger partial charge in [-0.05, 0) is 18.2 Å². The monoisotopic (exact) mass is 405 g/mol. The van der Waals surface area contributed by atoms with Gasteiger partial charge in [0.15, 0.2) is 5.65 Å². The normalized spacial score (nSPS) is 10.7. The van der Waals surface area contributed by atoms with Gasteiger partial charge in [0.25, 0.3) is 5.56 Å². The van der Waals surface area contributed by atoms with Crippen LogP contribution in [0.1, 0.15) is 16.1 Å². The lowest BCUT2D eigenvalue weighted by Crippen LogP contribution is -2.15. The molecule has 4 rings (SSSR count). The van der Waals surface area contributed by atoms with E-state index in [9.17, 15) is 9.59 Å². The molecule has 0 aliphatic rings. The van der Waals surface area contributed by atoms with Gasteiger partial charge in [-0.3, -0.25) is 9.89 Å². The molecule has 30 heavy (non-hydrogen) atoms. The molecule has 4 aromatic rings. The average Bonchev–Trinajstić information content (AvgIpc) is 3.23. The van der Waals surface area contributed by atoms with Gasteiger partial charge in [0.1, 0.15) is 23.8 Å². The molecule has 2 aromatic carbocycles. The highest BCUT2D eigenvalue weighted by atomic mass is 16.5. The first-order chi connectivity index (χ1) is 14.6. The van der Waals surface area contributed by atoms with E-state index in [1.165, 1.54) is 23.8 Å². The molecular formula is C22H19N3O5. The third-order valence-corrected chi connectivity index (χ3v) is 4.59. The van der Waals surface area contributed by atoms with E-state index in [1.54, 1.807) is 25.3 Å². The number of esters is 1. The number of ether oxygens (including phenoxy) is 3. The Labute approximate surface area is 171 Å². The molecule has 8 heteroatoms. The van der Waals surface area contributed by atoms with E-state index < -0.39 is 5.97 Å². The minimum absolute atomic E-state index is 0.0217. The van der Waals surface area contributed by atoms with Crippen molar-refractivity contribution < 1.29 is 19.0 Å². The Morgan fingerprint density at radius 3 is 2.57 bits per heavy atom. The highest BCUT2D eigenvalue weighted by molar-refractivity contribution is 5.88. The number of methoxy groups -OCH3 is 2. The highest BCUT2D eigenvalue weighted by Gasteiger charge is 2.15. The zero-order chi connectivity index (χ0) is 21.1. The Bertz CT molecular complexity index is 1260. The third kappa shape index (κ3) is 3.75. The minimum atomic E-state index is -0.619. The van der Waals surface area contributed by atoms with Crippen LogP contribution in [-0.4, -0.2) is 34.8 Å². The molecule has 8 nitrogen and oxygen atoms in total. The number of nitrogens with zero attached hydrogens (tertiary/aromatic N) is 2. The van der Waals surface area contributed by atoms with Crippen LogP contribution in [0, 0.1) is 0 Å². The fourth-order valence-electron chi connectivity index (χ4n) is 3.07. The van der Waals surface area contributed by atoms with Gasteiger partial charge in [-0.15, -0.1) is 0 Å². The van der Waals surface area contributed by atoms with Gasteiger partial charge in [-0.25, -0.2) is 14.3 Å². The predicted octanol–water partition coefficient (Wildman–Crippen LogP) is 3.06. The van der Waals surface area contributed by atoms with Crippen LogP contribution in [0.4, 0.5) is 0 Å². The van der Waals surface area contributed by atoms with Gasteiger partial charge in [0.2, 0.25) is 0 Å². The number of benzene rings is 2. The Hall–Kier alpha value is -4.07. The van der Waals surface area contributed by atoms with Crippen LogP contribution >= 0.6 is 0 Å². The van der Waals surface area contributed by atoms with Crippen molar-refractivity contribution in [2.24, 2.45) is 0 Å². The lowest BCUT2D eigenvalue weighted by Gasteiger charge is -2.10. The van der Waals surface area contributed by atoms with E-state index in [0.717, 1.165) is 5.56 Å². The summed E-state index contributed by atoms with van der Waals surface area (Å²) in [6.07, 6.45) is 0. The largest absolute Gasteiger partial charge is 0.497 e. The first-order valence-electron chi connectivity index (χ1n) is 9.15. The second-order valence-electron chi connectivity index (χ2n) is 6.46. The number of nitrogens with one attached hydrogen (secondary N) is 1. The van der Waals surface area contributed by atoms with Crippen molar-refractivity contribution in [2.45, 2.75) is 6.61 Å². The van der Waals surface area contributed by atoms with E-state index in [4.69, 9.17) is 14.2 Å². The standard InChI is InChI=1S/C22H19N3O5/c1-28-16-8-9-19(29-2)15(10-16)13-30-22(27)18-11-20-23-17(12-21(26)25(20)24-18)14-6-4-3-5-7-14/h3-12,24H,13H2,1-2H3. The van der Waals surface area contributed by atoms with Crippen LogP contribution in [0.5, 0.6) is 11.5 Å². The van der Waals surface area contributed by atoms with Crippen molar-refractivity contribution in [1.82, 2.24) is 14.6 Å². The van der Waals surface area contributed by atoms with Crippen molar-refractivity contribution in [3.63, 3.8) is 0 Å². The number of carbonyl (C=O) groups excluding carboxylic acids is 1. The topological polar surface area (TPSA) is 94.9 Å². The summed E-state index contributed by atoms with van der Waals surface area (Å²) in [5.74, 6) is 0.577. The van der Waals surface area contributed by atoms with Crippen molar-refractivity contribution in [2.75, 3.05) is 14.2 Å². The Balaban J connectivity index is 1.59. The number of aromatic amines is 1. The summed E-state index contributed by atoms with van der Waals surface area (Å²) in [6, 6.07) is 17.5. The summed E-state index contributed by atoms with van der Waals surface area (Å²) in [6.45, 7) is -0.0217. The van der Waals surface area contributed by atoms with Crippen molar-refractivity contribution in [1.29, 1.82) is 0 Å². The zero-order valence-electron chi connectivity index (χ0n) is 16.4. The molecule has 0 aliphatic carbocycles. The molecule has 0 unspecified atom stereocenters. The molecule has 2 aromatic heterocycles. The van der Waals surface area contributed by atoms with Crippen LogP contribution in [0.15, 0.2) is 65.5 Å². The smallest absolute Gasteiger partial charge is 0.356 e.